The van der Waals surface area contributed by atoms with Gasteiger partial charge in [0, 0.05) is 28.4 Å². The molecule has 0 spiro atoms. The van der Waals surface area contributed by atoms with Crippen molar-refractivity contribution >= 4 is 45.2 Å². The van der Waals surface area contributed by atoms with Crippen molar-refractivity contribution in [3.05, 3.63) is 87.4 Å². The largest absolute Gasteiger partial charge is 0.497 e. The van der Waals surface area contributed by atoms with Gasteiger partial charge in [-0.25, -0.2) is 0 Å². The van der Waals surface area contributed by atoms with Crippen molar-refractivity contribution in [1.82, 2.24) is 0 Å². The van der Waals surface area contributed by atoms with E-state index >= 15 is 0 Å². The lowest BCUT2D eigenvalue weighted by Crippen LogP contribution is -2.07. The van der Waals surface area contributed by atoms with E-state index in [4.69, 9.17) is 25.8 Å². The van der Waals surface area contributed by atoms with Crippen LogP contribution in [0.2, 0.25) is 5.02 Å². The van der Waals surface area contributed by atoms with E-state index in [1.54, 1.807) is 25.3 Å². The number of carbonyl (C=O) groups is 1. The summed E-state index contributed by atoms with van der Waals surface area (Å²) in [5, 5.41) is 3.45. The highest BCUT2D eigenvalue weighted by Gasteiger charge is 2.13. The molecular weight excluding hydrogens is 494 g/mol. The van der Waals surface area contributed by atoms with E-state index in [0.717, 1.165) is 11.1 Å². The second kappa shape index (κ2) is 11.6. The quantitative estimate of drug-likeness (QED) is 0.320. The van der Waals surface area contributed by atoms with Gasteiger partial charge in [0.2, 0.25) is 5.91 Å². The van der Waals surface area contributed by atoms with Crippen LogP contribution in [0.4, 0.5) is 5.69 Å². The Morgan fingerprint density at radius 1 is 1.09 bits per heavy atom. The summed E-state index contributed by atoms with van der Waals surface area (Å²) in [4.78, 5) is 12.3. The molecule has 0 aliphatic heterocycles. The molecule has 0 aliphatic rings. The molecule has 3 aromatic carbocycles. The SMILES string of the molecule is CCOc1cc(/C=C/C(=O)Nc2cccc(OC)c2)cc(Br)c1OCc1ccccc1Cl. The van der Waals surface area contributed by atoms with E-state index in [0.29, 0.717) is 45.6 Å². The Bertz CT molecular complexity index is 1120. The molecule has 0 radical (unpaired) electrons. The summed E-state index contributed by atoms with van der Waals surface area (Å²) in [5.41, 5.74) is 2.31. The fraction of sp³-hybridized carbons (Fsp3) is 0.160. The first kappa shape index (κ1) is 23.7. The van der Waals surface area contributed by atoms with Gasteiger partial charge < -0.3 is 19.5 Å². The van der Waals surface area contributed by atoms with Crippen LogP contribution in [0.3, 0.4) is 0 Å². The number of methoxy groups -OCH3 is 1. The van der Waals surface area contributed by atoms with Gasteiger partial charge in [-0.2, -0.15) is 0 Å². The van der Waals surface area contributed by atoms with Gasteiger partial charge in [0.15, 0.2) is 11.5 Å². The van der Waals surface area contributed by atoms with Crippen LogP contribution in [-0.4, -0.2) is 19.6 Å². The number of hydrogen-bond acceptors (Lipinski definition) is 4. The maximum absolute atomic E-state index is 12.3. The second-order valence-electron chi connectivity index (χ2n) is 6.70. The minimum atomic E-state index is -0.258. The number of rotatable bonds is 9. The molecule has 3 aromatic rings. The lowest BCUT2D eigenvalue weighted by molar-refractivity contribution is -0.111. The summed E-state index contributed by atoms with van der Waals surface area (Å²) >= 11 is 9.78. The maximum atomic E-state index is 12.3. The standard InChI is InChI=1S/C25H23BrClNO4/c1-3-31-23-14-17(11-12-24(29)28-19-8-6-9-20(15-19)30-2)13-21(26)25(23)32-16-18-7-4-5-10-22(18)27/h4-15H,3,16H2,1-2H3,(H,28,29)/b12-11+. The van der Waals surface area contributed by atoms with Crippen LogP contribution in [0.25, 0.3) is 6.08 Å². The first-order chi connectivity index (χ1) is 15.5. The molecule has 0 atom stereocenters. The minimum absolute atomic E-state index is 0.258. The molecule has 0 fully saturated rings. The lowest BCUT2D eigenvalue weighted by atomic mass is 10.1. The summed E-state index contributed by atoms with van der Waals surface area (Å²) < 4.78 is 17.7. The van der Waals surface area contributed by atoms with Crippen LogP contribution in [-0.2, 0) is 11.4 Å². The smallest absolute Gasteiger partial charge is 0.248 e. The van der Waals surface area contributed by atoms with Crippen LogP contribution < -0.4 is 19.5 Å². The van der Waals surface area contributed by atoms with Gasteiger partial charge in [-0.1, -0.05) is 35.9 Å². The Labute approximate surface area is 201 Å². The number of hydrogen-bond donors (Lipinski definition) is 1. The third-order valence-electron chi connectivity index (χ3n) is 4.43. The summed E-state index contributed by atoms with van der Waals surface area (Å²) in [6, 6.07) is 18.4. The number of anilines is 1. The first-order valence-corrected chi connectivity index (χ1v) is 11.1. The van der Waals surface area contributed by atoms with E-state index in [-0.39, 0.29) is 5.91 Å². The predicted octanol–water partition coefficient (Wildman–Crippen LogP) is 6.74. The van der Waals surface area contributed by atoms with E-state index < -0.39 is 0 Å². The topological polar surface area (TPSA) is 56.8 Å². The molecule has 1 amide bonds. The summed E-state index contributed by atoms with van der Waals surface area (Å²) in [6.07, 6.45) is 3.17. The molecule has 0 aliphatic carbocycles. The number of ether oxygens (including phenoxy) is 3. The molecule has 7 heteroatoms. The van der Waals surface area contributed by atoms with Gasteiger partial charge in [-0.3, -0.25) is 4.79 Å². The predicted molar refractivity (Wildman–Crippen MR) is 132 cm³/mol. The zero-order valence-corrected chi connectivity index (χ0v) is 20.1. The van der Waals surface area contributed by atoms with Gasteiger partial charge in [0.05, 0.1) is 18.2 Å². The molecule has 166 valence electrons. The van der Waals surface area contributed by atoms with Crippen molar-refractivity contribution in [2.24, 2.45) is 0 Å². The van der Waals surface area contributed by atoms with Crippen molar-refractivity contribution in [1.29, 1.82) is 0 Å². The number of nitrogens with one attached hydrogen (secondary N) is 1. The highest BCUT2D eigenvalue weighted by Crippen LogP contribution is 2.38. The molecule has 3 rings (SSSR count). The van der Waals surface area contributed by atoms with Gasteiger partial charge in [0.25, 0.3) is 0 Å². The summed E-state index contributed by atoms with van der Waals surface area (Å²) in [5.74, 6) is 1.56. The third-order valence-corrected chi connectivity index (χ3v) is 5.38. The molecule has 0 unspecified atom stereocenters. The first-order valence-electron chi connectivity index (χ1n) is 9.95. The van der Waals surface area contributed by atoms with Crippen molar-refractivity contribution in [3.63, 3.8) is 0 Å². The zero-order valence-electron chi connectivity index (χ0n) is 17.7. The number of benzene rings is 3. The van der Waals surface area contributed by atoms with E-state index in [9.17, 15) is 4.79 Å². The van der Waals surface area contributed by atoms with Crippen LogP contribution in [0.15, 0.2) is 71.2 Å². The van der Waals surface area contributed by atoms with Crippen molar-refractivity contribution in [2.45, 2.75) is 13.5 Å². The lowest BCUT2D eigenvalue weighted by Gasteiger charge is -2.15. The molecule has 5 nitrogen and oxygen atoms in total. The molecule has 0 bridgehead atoms. The Hall–Kier alpha value is -2.96. The average Bonchev–Trinajstić information content (AvgIpc) is 2.78. The fourth-order valence-electron chi connectivity index (χ4n) is 2.91. The van der Waals surface area contributed by atoms with E-state index in [2.05, 4.69) is 21.2 Å². The van der Waals surface area contributed by atoms with Gasteiger partial charge in [-0.05, 0) is 64.8 Å². The normalized spacial score (nSPS) is 10.8. The molecule has 0 aromatic heterocycles. The fourth-order valence-corrected chi connectivity index (χ4v) is 3.67. The van der Waals surface area contributed by atoms with Crippen molar-refractivity contribution in [2.75, 3.05) is 19.0 Å². The van der Waals surface area contributed by atoms with E-state index in [1.807, 2.05) is 55.5 Å². The Kier molecular flexibility index (Phi) is 8.59. The van der Waals surface area contributed by atoms with Gasteiger partial charge in [-0.15, -0.1) is 0 Å². The number of carbonyl (C=O) groups excluding carboxylic acids is 1. The molecule has 1 N–H and O–H groups in total. The molecule has 0 saturated carbocycles. The minimum Gasteiger partial charge on any atom is -0.497 e. The van der Waals surface area contributed by atoms with Crippen LogP contribution in [0.1, 0.15) is 18.1 Å². The average molecular weight is 517 g/mol. The Balaban J connectivity index is 1.74. The second-order valence-corrected chi connectivity index (χ2v) is 7.96. The van der Waals surface area contributed by atoms with Crippen LogP contribution in [0.5, 0.6) is 17.2 Å². The summed E-state index contributed by atoms with van der Waals surface area (Å²) in [7, 11) is 1.58. The molecule has 32 heavy (non-hydrogen) atoms. The van der Waals surface area contributed by atoms with Gasteiger partial charge >= 0.3 is 0 Å². The van der Waals surface area contributed by atoms with Gasteiger partial charge in [0.1, 0.15) is 12.4 Å². The number of halogens is 2. The molecular formula is C25H23BrClNO4. The Morgan fingerprint density at radius 3 is 2.66 bits per heavy atom. The Morgan fingerprint density at radius 2 is 1.91 bits per heavy atom. The highest BCUT2D eigenvalue weighted by molar-refractivity contribution is 9.10. The maximum Gasteiger partial charge on any atom is 0.248 e. The molecule has 0 saturated heterocycles. The third kappa shape index (κ3) is 6.52. The van der Waals surface area contributed by atoms with Crippen molar-refractivity contribution in [3.8, 4) is 17.2 Å². The molecule has 0 heterocycles. The van der Waals surface area contributed by atoms with E-state index in [1.165, 1.54) is 6.08 Å². The zero-order chi connectivity index (χ0) is 22.9. The highest BCUT2D eigenvalue weighted by atomic mass is 79.9. The summed E-state index contributed by atoms with van der Waals surface area (Å²) in [6.45, 7) is 2.67. The van der Waals surface area contributed by atoms with Crippen molar-refractivity contribution < 1.29 is 19.0 Å². The monoisotopic (exact) mass is 515 g/mol. The van der Waals surface area contributed by atoms with Crippen LogP contribution >= 0.6 is 27.5 Å². The number of amides is 1. The van der Waals surface area contributed by atoms with Crippen LogP contribution in [0, 0.1) is 0 Å².